The second-order valence-electron chi connectivity index (χ2n) is 4.70. The Morgan fingerprint density at radius 3 is 3.05 bits per heavy atom. The van der Waals surface area contributed by atoms with Gasteiger partial charge in [-0.2, -0.15) is 5.10 Å². The van der Waals surface area contributed by atoms with Crippen molar-refractivity contribution in [3.8, 4) is 11.3 Å². The maximum absolute atomic E-state index is 4.52. The van der Waals surface area contributed by atoms with E-state index in [4.69, 9.17) is 0 Å². The number of anilines is 1. The molecule has 3 aromatic rings. The molecule has 3 rings (SSSR count). The molecule has 0 saturated heterocycles. The number of hydrogen-bond donors (Lipinski definition) is 1. The predicted octanol–water partition coefficient (Wildman–Crippen LogP) is 4.03. The van der Waals surface area contributed by atoms with Gasteiger partial charge in [0, 0.05) is 41.1 Å². The summed E-state index contributed by atoms with van der Waals surface area (Å²) in [5, 5.41) is 10.7. The second-order valence-corrected chi connectivity index (χ2v) is 5.76. The van der Waals surface area contributed by atoms with Gasteiger partial charge in [0.1, 0.15) is 0 Å². The quantitative estimate of drug-likeness (QED) is 0.773. The first kappa shape index (κ1) is 13.6. The Morgan fingerprint density at radius 2 is 2.33 bits per heavy atom. The zero-order chi connectivity index (χ0) is 14.7. The fraction of sp³-hybridized carbons (Fsp3) is 0.125. The van der Waals surface area contributed by atoms with Crippen molar-refractivity contribution in [2.24, 2.45) is 0 Å². The summed E-state index contributed by atoms with van der Waals surface area (Å²) in [6, 6.07) is 8.29. The Kier molecular flexibility index (Phi) is 3.83. The lowest BCUT2D eigenvalue weighted by Gasteiger charge is -2.06. The molecule has 1 aromatic carbocycles. The van der Waals surface area contributed by atoms with Crippen molar-refractivity contribution in [3.63, 3.8) is 0 Å². The summed E-state index contributed by atoms with van der Waals surface area (Å²) in [7, 11) is 0. The van der Waals surface area contributed by atoms with Gasteiger partial charge in [0.15, 0.2) is 0 Å². The number of aryl methyl sites for hydroxylation is 1. The molecule has 2 aromatic heterocycles. The van der Waals surface area contributed by atoms with Gasteiger partial charge < -0.3 is 5.32 Å². The van der Waals surface area contributed by atoms with Crippen LogP contribution in [0.5, 0.6) is 0 Å². The third kappa shape index (κ3) is 3.20. The number of nitrogens with one attached hydrogen (secondary N) is 1. The molecule has 5 heteroatoms. The molecular weight excluding hydrogens is 280 g/mol. The van der Waals surface area contributed by atoms with Gasteiger partial charge in [-0.15, -0.1) is 11.3 Å². The summed E-state index contributed by atoms with van der Waals surface area (Å²) in [4.78, 5) is 4.52. The van der Waals surface area contributed by atoms with Crippen LogP contribution in [-0.2, 0) is 6.54 Å². The smallest absolute Gasteiger partial charge is 0.0901 e. The van der Waals surface area contributed by atoms with E-state index in [1.165, 1.54) is 0 Å². The van der Waals surface area contributed by atoms with Gasteiger partial charge in [-0.05, 0) is 19.1 Å². The van der Waals surface area contributed by atoms with E-state index in [0.717, 1.165) is 34.1 Å². The van der Waals surface area contributed by atoms with Crippen LogP contribution in [0, 0.1) is 6.92 Å². The minimum absolute atomic E-state index is 0.730. The van der Waals surface area contributed by atoms with Crippen molar-refractivity contribution in [2.45, 2.75) is 13.5 Å². The molecule has 106 valence electrons. The lowest BCUT2D eigenvalue weighted by molar-refractivity contribution is 0.936. The van der Waals surface area contributed by atoms with Crippen molar-refractivity contribution < 1.29 is 0 Å². The van der Waals surface area contributed by atoms with E-state index < -0.39 is 0 Å². The van der Waals surface area contributed by atoms with Gasteiger partial charge in [0.2, 0.25) is 0 Å². The van der Waals surface area contributed by atoms with E-state index in [-0.39, 0.29) is 0 Å². The highest BCUT2D eigenvalue weighted by Crippen LogP contribution is 2.24. The van der Waals surface area contributed by atoms with E-state index in [9.17, 15) is 0 Å². The van der Waals surface area contributed by atoms with Crippen molar-refractivity contribution in [1.82, 2.24) is 14.8 Å². The maximum Gasteiger partial charge on any atom is 0.0901 e. The van der Waals surface area contributed by atoms with Crippen LogP contribution in [0.4, 0.5) is 5.69 Å². The van der Waals surface area contributed by atoms with E-state index in [2.05, 4.69) is 45.6 Å². The average molecular weight is 296 g/mol. The summed E-state index contributed by atoms with van der Waals surface area (Å²) in [6.45, 7) is 6.43. The fourth-order valence-corrected chi connectivity index (χ4v) is 2.68. The zero-order valence-corrected chi connectivity index (χ0v) is 12.6. The predicted molar refractivity (Wildman–Crippen MR) is 88.2 cm³/mol. The fourth-order valence-electron chi connectivity index (χ4n) is 2.06. The monoisotopic (exact) mass is 296 g/mol. The topological polar surface area (TPSA) is 42.7 Å². The molecule has 0 amide bonds. The molecule has 1 N–H and O–H groups in total. The lowest BCUT2D eigenvalue weighted by atomic mass is 10.1. The molecule has 2 heterocycles. The van der Waals surface area contributed by atoms with Crippen molar-refractivity contribution in [2.75, 3.05) is 5.32 Å². The lowest BCUT2D eigenvalue weighted by Crippen LogP contribution is -1.98. The Hall–Kier alpha value is -2.40. The molecule has 0 bridgehead atoms. The van der Waals surface area contributed by atoms with Gasteiger partial charge in [0.25, 0.3) is 0 Å². The Labute approximate surface area is 127 Å². The van der Waals surface area contributed by atoms with Crippen LogP contribution in [-0.4, -0.2) is 14.8 Å². The van der Waals surface area contributed by atoms with Crippen LogP contribution in [0.25, 0.3) is 17.5 Å². The summed E-state index contributed by atoms with van der Waals surface area (Å²) in [5.41, 5.74) is 4.35. The largest absolute Gasteiger partial charge is 0.381 e. The molecule has 0 atom stereocenters. The van der Waals surface area contributed by atoms with E-state index in [1.54, 1.807) is 22.2 Å². The number of aromatic nitrogens is 3. The van der Waals surface area contributed by atoms with Crippen molar-refractivity contribution in [1.29, 1.82) is 0 Å². The minimum atomic E-state index is 0.730. The average Bonchev–Trinajstić information content (AvgIpc) is 3.14. The molecule has 0 aliphatic carbocycles. The molecule has 0 unspecified atom stereocenters. The summed E-state index contributed by atoms with van der Waals surface area (Å²) < 4.78 is 1.70. The van der Waals surface area contributed by atoms with Crippen molar-refractivity contribution >= 4 is 23.2 Å². The minimum Gasteiger partial charge on any atom is -0.381 e. The molecule has 21 heavy (non-hydrogen) atoms. The van der Waals surface area contributed by atoms with E-state index in [0.29, 0.717) is 0 Å². The van der Waals surface area contributed by atoms with Gasteiger partial charge in [-0.1, -0.05) is 18.7 Å². The first-order valence-electron chi connectivity index (χ1n) is 6.66. The third-order valence-corrected chi connectivity index (χ3v) is 3.89. The zero-order valence-electron chi connectivity index (χ0n) is 11.8. The van der Waals surface area contributed by atoms with Gasteiger partial charge >= 0.3 is 0 Å². The van der Waals surface area contributed by atoms with Crippen LogP contribution in [0.2, 0.25) is 0 Å². The first-order valence-corrected chi connectivity index (χ1v) is 7.54. The highest BCUT2D eigenvalue weighted by molar-refractivity contribution is 7.09. The Bertz CT molecular complexity index is 757. The Morgan fingerprint density at radius 1 is 1.43 bits per heavy atom. The highest BCUT2D eigenvalue weighted by atomic mass is 32.1. The normalized spacial score (nSPS) is 10.5. The van der Waals surface area contributed by atoms with Gasteiger partial charge in [-0.3, -0.25) is 0 Å². The molecule has 0 radical (unpaired) electrons. The highest BCUT2D eigenvalue weighted by Gasteiger charge is 2.03. The van der Waals surface area contributed by atoms with E-state index >= 15 is 0 Å². The number of thiazole rings is 1. The standard InChI is InChI=1S/C16H16N4S/c1-3-20-10-13(9-18-20)8-17-15-6-4-5-14(7-15)16-11-21-12(2)19-16/h3-7,9-11,17H,1,8H2,2H3. The van der Waals surface area contributed by atoms with Crippen LogP contribution in [0.1, 0.15) is 10.6 Å². The number of nitrogens with zero attached hydrogens (tertiary/aromatic N) is 3. The van der Waals surface area contributed by atoms with Crippen molar-refractivity contribution in [3.05, 3.63) is 59.2 Å². The van der Waals surface area contributed by atoms with Crippen LogP contribution in [0.15, 0.2) is 48.6 Å². The van der Waals surface area contributed by atoms with Gasteiger partial charge in [0.05, 0.1) is 16.9 Å². The molecule has 0 spiro atoms. The summed E-state index contributed by atoms with van der Waals surface area (Å²) in [6.07, 6.45) is 5.46. The molecule has 4 nitrogen and oxygen atoms in total. The SMILES string of the molecule is C=Cn1cc(CNc2cccc(-c3csc(C)n3)c2)cn1. The second kappa shape index (κ2) is 5.93. The summed E-state index contributed by atoms with van der Waals surface area (Å²) in [5.74, 6) is 0. The third-order valence-electron chi connectivity index (χ3n) is 3.12. The van der Waals surface area contributed by atoms with Gasteiger partial charge in [-0.25, -0.2) is 9.67 Å². The first-order chi connectivity index (χ1) is 10.2. The number of hydrogen-bond acceptors (Lipinski definition) is 4. The molecule has 0 aliphatic rings. The maximum atomic E-state index is 4.52. The number of benzene rings is 1. The van der Waals surface area contributed by atoms with Crippen LogP contribution < -0.4 is 5.32 Å². The van der Waals surface area contributed by atoms with E-state index in [1.807, 2.05) is 25.4 Å². The van der Waals surface area contributed by atoms with Crippen LogP contribution >= 0.6 is 11.3 Å². The molecule has 0 saturated carbocycles. The Balaban J connectivity index is 1.72. The number of rotatable bonds is 5. The van der Waals surface area contributed by atoms with Crippen LogP contribution in [0.3, 0.4) is 0 Å². The summed E-state index contributed by atoms with van der Waals surface area (Å²) >= 11 is 1.67. The molecule has 0 fully saturated rings. The molecule has 0 aliphatic heterocycles. The molecular formula is C16H16N4S.